The third-order valence-corrected chi connectivity index (χ3v) is 5.21. The molecule has 108 valence electrons. The van der Waals surface area contributed by atoms with E-state index in [4.69, 9.17) is 17.0 Å². The Morgan fingerprint density at radius 2 is 2.30 bits per heavy atom. The Hall–Kier alpha value is -0.920. The summed E-state index contributed by atoms with van der Waals surface area (Å²) < 4.78 is 6.19. The third kappa shape index (κ3) is 2.89. The van der Waals surface area contributed by atoms with Gasteiger partial charge in [-0.1, -0.05) is 0 Å². The summed E-state index contributed by atoms with van der Waals surface area (Å²) in [6.07, 6.45) is 0. The van der Waals surface area contributed by atoms with E-state index >= 15 is 0 Å². The zero-order valence-electron chi connectivity index (χ0n) is 11.4. The monoisotopic (exact) mass is 374 g/mol. The number of halogens is 1. The number of carbonyl (C=O) groups excluding carboxylic acids is 1. The number of thiocarbonyl (C=S) groups is 1. The van der Waals surface area contributed by atoms with Crippen LogP contribution in [0.15, 0.2) is 27.2 Å². The highest BCUT2D eigenvalue weighted by Gasteiger charge is 2.34. The second-order valence-corrected chi connectivity index (χ2v) is 7.18. The molecule has 1 aliphatic heterocycles. The van der Waals surface area contributed by atoms with Gasteiger partial charge in [-0.25, -0.2) is 4.79 Å². The van der Waals surface area contributed by atoms with E-state index in [1.165, 1.54) is 0 Å². The Kier molecular flexibility index (Phi) is 4.82. The molecule has 0 saturated heterocycles. The molecule has 0 unspecified atom stereocenters. The quantitative estimate of drug-likeness (QED) is 0.649. The number of rotatable bonds is 3. The summed E-state index contributed by atoms with van der Waals surface area (Å²) in [6.45, 7) is 4.04. The molecule has 0 saturated carbocycles. The van der Waals surface area contributed by atoms with Crippen LogP contribution in [0.5, 0.6) is 0 Å². The van der Waals surface area contributed by atoms with Gasteiger partial charge >= 0.3 is 5.97 Å². The lowest BCUT2D eigenvalue weighted by molar-refractivity contribution is -0.139. The van der Waals surface area contributed by atoms with Crippen LogP contribution >= 0.6 is 39.5 Å². The summed E-state index contributed by atoms with van der Waals surface area (Å²) in [5.74, 6) is -0.304. The maximum atomic E-state index is 12.3. The molecule has 0 fully saturated rings. The summed E-state index contributed by atoms with van der Waals surface area (Å²) in [5, 5.41) is 3.81. The largest absolute Gasteiger partial charge is 0.463 e. The standard InChI is InChI=1S/C13H15BrN2O2S2/c1-4-18-12(17)10-7(2)16(3)13(19)15-11(10)8-5-6-9(14)20-8/h5-6,11H,4H2,1-3H3,(H,15,19)/t11-/m1/s1. The highest BCUT2D eigenvalue weighted by Crippen LogP contribution is 2.35. The fraction of sp³-hybridized carbons (Fsp3) is 0.385. The molecule has 2 heterocycles. The van der Waals surface area contributed by atoms with Crippen molar-refractivity contribution in [3.05, 3.63) is 32.1 Å². The molecule has 2 rings (SSSR count). The topological polar surface area (TPSA) is 41.6 Å². The smallest absolute Gasteiger partial charge is 0.338 e. The van der Waals surface area contributed by atoms with Gasteiger partial charge in [-0.2, -0.15) is 0 Å². The minimum atomic E-state index is -0.304. The Balaban J connectivity index is 2.47. The van der Waals surface area contributed by atoms with Crippen molar-refractivity contribution in [3.8, 4) is 0 Å². The number of esters is 1. The number of allylic oxidation sites excluding steroid dienone is 1. The molecule has 0 amide bonds. The van der Waals surface area contributed by atoms with Crippen LogP contribution in [0.25, 0.3) is 0 Å². The number of nitrogens with one attached hydrogen (secondary N) is 1. The molecule has 0 aliphatic carbocycles. The van der Waals surface area contributed by atoms with Crippen LogP contribution in [0, 0.1) is 0 Å². The highest BCUT2D eigenvalue weighted by atomic mass is 79.9. The second kappa shape index (κ2) is 6.24. The van der Waals surface area contributed by atoms with E-state index in [9.17, 15) is 4.79 Å². The van der Waals surface area contributed by atoms with Crippen LogP contribution in [0.3, 0.4) is 0 Å². The molecule has 1 aromatic rings. The highest BCUT2D eigenvalue weighted by molar-refractivity contribution is 9.11. The maximum absolute atomic E-state index is 12.3. The van der Waals surface area contributed by atoms with Crippen molar-refractivity contribution >= 4 is 50.6 Å². The van der Waals surface area contributed by atoms with E-state index in [-0.39, 0.29) is 12.0 Å². The Morgan fingerprint density at radius 1 is 1.60 bits per heavy atom. The van der Waals surface area contributed by atoms with Crippen LogP contribution in [0.2, 0.25) is 0 Å². The first kappa shape index (κ1) is 15.5. The summed E-state index contributed by atoms with van der Waals surface area (Å²) in [5.41, 5.74) is 1.43. The molecular formula is C13H15BrN2O2S2. The van der Waals surface area contributed by atoms with Crippen LogP contribution in [-0.4, -0.2) is 29.6 Å². The van der Waals surface area contributed by atoms with Gasteiger partial charge in [-0.3, -0.25) is 0 Å². The van der Waals surface area contributed by atoms with Crippen molar-refractivity contribution in [2.45, 2.75) is 19.9 Å². The van der Waals surface area contributed by atoms with Gasteiger partial charge in [0, 0.05) is 17.6 Å². The van der Waals surface area contributed by atoms with E-state index in [1.807, 2.05) is 26.1 Å². The van der Waals surface area contributed by atoms with Gasteiger partial charge < -0.3 is 15.0 Å². The number of thiophene rings is 1. The summed E-state index contributed by atoms with van der Waals surface area (Å²) in [6, 6.07) is 3.68. The average molecular weight is 375 g/mol. The summed E-state index contributed by atoms with van der Waals surface area (Å²) in [7, 11) is 1.84. The zero-order chi connectivity index (χ0) is 14.9. The molecule has 4 nitrogen and oxygen atoms in total. The number of hydrogen-bond donors (Lipinski definition) is 1. The van der Waals surface area contributed by atoms with Gasteiger partial charge in [-0.15, -0.1) is 11.3 Å². The minimum absolute atomic E-state index is 0.256. The van der Waals surface area contributed by atoms with Gasteiger partial charge in [-0.05, 0) is 54.1 Å². The van der Waals surface area contributed by atoms with Gasteiger partial charge in [0.15, 0.2) is 5.11 Å². The van der Waals surface area contributed by atoms with Crippen LogP contribution in [-0.2, 0) is 9.53 Å². The van der Waals surface area contributed by atoms with Gasteiger partial charge in [0.2, 0.25) is 0 Å². The van der Waals surface area contributed by atoms with Crippen LogP contribution in [0.1, 0.15) is 24.8 Å². The van der Waals surface area contributed by atoms with E-state index in [0.717, 1.165) is 14.4 Å². The molecule has 0 radical (unpaired) electrons. The Morgan fingerprint density at radius 3 is 2.85 bits per heavy atom. The number of nitrogens with zero attached hydrogens (tertiary/aromatic N) is 1. The number of ether oxygens (including phenoxy) is 1. The summed E-state index contributed by atoms with van der Waals surface area (Å²) in [4.78, 5) is 15.1. The van der Waals surface area contributed by atoms with E-state index in [2.05, 4.69) is 21.2 Å². The predicted molar refractivity (Wildman–Crippen MR) is 87.6 cm³/mol. The first-order valence-electron chi connectivity index (χ1n) is 6.13. The molecule has 1 N–H and O–H groups in total. The molecule has 0 aromatic carbocycles. The minimum Gasteiger partial charge on any atom is -0.463 e. The van der Waals surface area contributed by atoms with Crippen LogP contribution in [0.4, 0.5) is 0 Å². The lowest BCUT2D eigenvalue weighted by Crippen LogP contribution is -2.45. The lowest BCUT2D eigenvalue weighted by atomic mass is 10.0. The Bertz CT molecular complexity index is 583. The third-order valence-electron chi connectivity index (χ3n) is 3.13. The maximum Gasteiger partial charge on any atom is 0.338 e. The average Bonchev–Trinajstić information content (AvgIpc) is 2.82. The van der Waals surface area contributed by atoms with Gasteiger partial charge in [0.1, 0.15) is 0 Å². The lowest BCUT2D eigenvalue weighted by Gasteiger charge is -2.34. The fourth-order valence-electron chi connectivity index (χ4n) is 2.01. The first-order valence-corrected chi connectivity index (χ1v) is 8.14. The molecular weight excluding hydrogens is 360 g/mol. The van der Waals surface area contributed by atoms with Crippen molar-refractivity contribution < 1.29 is 9.53 Å². The first-order chi connectivity index (χ1) is 9.45. The van der Waals surface area contributed by atoms with Crippen molar-refractivity contribution in [2.24, 2.45) is 0 Å². The number of carbonyl (C=O) groups is 1. The molecule has 0 spiro atoms. The van der Waals surface area contributed by atoms with Gasteiger partial charge in [0.25, 0.3) is 0 Å². The normalized spacial score (nSPS) is 19.1. The van der Waals surface area contributed by atoms with E-state index in [1.54, 1.807) is 23.2 Å². The van der Waals surface area contributed by atoms with E-state index in [0.29, 0.717) is 17.3 Å². The Labute approximate surface area is 135 Å². The second-order valence-electron chi connectivity index (χ2n) is 4.30. The predicted octanol–water partition coefficient (Wildman–Crippen LogP) is 3.21. The fourth-order valence-corrected chi connectivity index (χ4v) is 3.75. The molecule has 1 aromatic heterocycles. The van der Waals surface area contributed by atoms with Crippen LogP contribution < -0.4 is 5.32 Å². The molecule has 1 aliphatic rings. The molecule has 7 heteroatoms. The molecule has 1 atom stereocenters. The summed E-state index contributed by atoms with van der Waals surface area (Å²) >= 11 is 10.3. The number of hydrogen-bond acceptors (Lipinski definition) is 4. The SMILES string of the molecule is CCOC(=O)C1=C(C)N(C)C(=S)N[C@@H]1c1ccc(Br)s1. The van der Waals surface area contributed by atoms with Crippen molar-refractivity contribution in [1.29, 1.82) is 0 Å². The molecule has 20 heavy (non-hydrogen) atoms. The van der Waals surface area contributed by atoms with Crippen molar-refractivity contribution in [3.63, 3.8) is 0 Å². The zero-order valence-corrected chi connectivity index (χ0v) is 14.6. The van der Waals surface area contributed by atoms with Crippen molar-refractivity contribution in [1.82, 2.24) is 10.2 Å². The van der Waals surface area contributed by atoms with Crippen molar-refractivity contribution in [2.75, 3.05) is 13.7 Å². The molecule has 0 bridgehead atoms. The van der Waals surface area contributed by atoms with Gasteiger partial charge in [0.05, 0.1) is 22.0 Å². The van der Waals surface area contributed by atoms with E-state index < -0.39 is 0 Å².